The Balaban J connectivity index is 1.18. The van der Waals surface area contributed by atoms with E-state index in [2.05, 4.69) is 84.7 Å². The van der Waals surface area contributed by atoms with Gasteiger partial charge < -0.3 is 10.2 Å². The fourth-order valence-corrected chi connectivity index (χ4v) is 4.64. The number of benzene rings is 2. The third-order valence-electron chi connectivity index (χ3n) is 5.61. The maximum atomic E-state index is 4.62. The van der Waals surface area contributed by atoms with Crippen molar-refractivity contribution in [1.82, 2.24) is 19.9 Å². The molecule has 4 aromatic rings. The van der Waals surface area contributed by atoms with Crippen molar-refractivity contribution in [2.45, 2.75) is 13.5 Å². The molecular formula is C25H26N6S. The zero-order valence-electron chi connectivity index (χ0n) is 18.1. The Kier molecular flexibility index (Phi) is 6.09. The van der Waals surface area contributed by atoms with Gasteiger partial charge in [-0.05, 0) is 42.8 Å². The first-order valence-electron chi connectivity index (χ1n) is 10.9. The van der Waals surface area contributed by atoms with Gasteiger partial charge in [-0.1, -0.05) is 30.3 Å². The molecule has 1 aliphatic heterocycles. The van der Waals surface area contributed by atoms with E-state index in [1.165, 1.54) is 16.1 Å². The SMILES string of the molecule is Cc1cnc(-c2ccnc(Nc3ccc(N4CCN(Cc5ccccc5)CC4)cc3)n2)s1. The number of aryl methyl sites for hydroxylation is 1. The van der Waals surface area contributed by atoms with Crippen LogP contribution >= 0.6 is 11.3 Å². The second kappa shape index (κ2) is 9.46. The van der Waals surface area contributed by atoms with E-state index < -0.39 is 0 Å². The zero-order chi connectivity index (χ0) is 21.8. The molecule has 5 rings (SSSR count). The lowest BCUT2D eigenvalue weighted by Gasteiger charge is -2.36. The van der Waals surface area contributed by atoms with Crippen LogP contribution in [0.1, 0.15) is 10.4 Å². The second-order valence-electron chi connectivity index (χ2n) is 7.96. The highest BCUT2D eigenvalue weighted by molar-refractivity contribution is 7.14. The van der Waals surface area contributed by atoms with Crippen LogP contribution in [0.25, 0.3) is 10.7 Å². The van der Waals surface area contributed by atoms with Gasteiger partial charge in [0.2, 0.25) is 5.95 Å². The Bertz CT molecular complexity index is 1150. The largest absolute Gasteiger partial charge is 0.369 e. The first-order valence-corrected chi connectivity index (χ1v) is 11.7. The number of piperazine rings is 1. The minimum Gasteiger partial charge on any atom is -0.369 e. The molecule has 0 spiro atoms. The fourth-order valence-electron chi connectivity index (χ4n) is 3.90. The molecule has 0 radical (unpaired) electrons. The van der Waals surface area contributed by atoms with E-state index in [0.717, 1.165) is 49.1 Å². The van der Waals surface area contributed by atoms with Gasteiger partial charge in [0, 0.05) is 61.4 Å². The Hall–Kier alpha value is -3.29. The quantitative estimate of drug-likeness (QED) is 0.455. The maximum Gasteiger partial charge on any atom is 0.227 e. The van der Waals surface area contributed by atoms with Crippen molar-refractivity contribution >= 4 is 28.7 Å². The van der Waals surface area contributed by atoms with Gasteiger partial charge in [-0.2, -0.15) is 0 Å². The van der Waals surface area contributed by atoms with Crippen LogP contribution in [0.5, 0.6) is 0 Å². The number of hydrogen-bond acceptors (Lipinski definition) is 7. The second-order valence-corrected chi connectivity index (χ2v) is 9.20. The van der Waals surface area contributed by atoms with Crippen LogP contribution in [0.3, 0.4) is 0 Å². The Morgan fingerprint density at radius 2 is 1.69 bits per heavy atom. The van der Waals surface area contributed by atoms with Crippen LogP contribution in [0.2, 0.25) is 0 Å². The van der Waals surface area contributed by atoms with Gasteiger partial charge in [0.1, 0.15) is 10.7 Å². The van der Waals surface area contributed by atoms with Gasteiger partial charge in [0.25, 0.3) is 0 Å². The van der Waals surface area contributed by atoms with Crippen LogP contribution in [0, 0.1) is 6.92 Å². The van der Waals surface area contributed by atoms with E-state index in [4.69, 9.17) is 0 Å². The molecule has 7 heteroatoms. The summed E-state index contributed by atoms with van der Waals surface area (Å²) in [5.41, 5.74) is 4.45. The van der Waals surface area contributed by atoms with Gasteiger partial charge in [-0.15, -0.1) is 11.3 Å². The summed E-state index contributed by atoms with van der Waals surface area (Å²) in [6, 6.07) is 21.1. The van der Waals surface area contributed by atoms with Crippen molar-refractivity contribution in [2.24, 2.45) is 0 Å². The van der Waals surface area contributed by atoms with Gasteiger partial charge in [-0.25, -0.2) is 15.0 Å². The van der Waals surface area contributed by atoms with Crippen LogP contribution in [0.15, 0.2) is 73.1 Å². The summed E-state index contributed by atoms with van der Waals surface area (Å²) in [5, 5.41) is 4.23. The van der Waals surface area contributed by atoms with E-state index in [9.17, 15) is 0 Å². The standard InChI is InChI=1S/C25H26N6S/c1-19-17-27-24(32-19)23-11-12-26-25(29-23)28-21-7-9-22(10-8-21)31-15-13-30(14-16-31)18-20-5-3-2-4-6-20/h2-12,17H,13-16,18H2,1H3,(H,26,28,29). The number of hydrogen-bond donors (Lipinski definition) is 1. The molecule has 0 amide bonds. The van der Waals surface area contributed by atoms with Gasteiger partial charge >= 0.3 is 0 Å². The van der Waals surface area contributed by atoms with Crippen molar-refractivity contribution in [1.29, 1.82) is 0 Å². The van der Waals surface area contributed by atoms with E-state index >= 15 is 0 Å². The summed E-state index contributed by atoms with van der Waals surface area (Å²) >= 11 is 1.64. The van der Waals surface area contributed by atoms with E-state index in [-0.39, 0.29) is 0 Å². The molecule has 162 valence electrons. The summed E-state index contributed by atoms with van der Waals surface area (Å²) in [6.07, 6.45) is 3.64. The molecule has 0 saturated carbocycles. The molecular weight excluding hydrogens is 416 g/mol. The zero-order valence-corrected chi connectivity index (χ0v) is 18.9. The van der Waals surface area contributed by atoms with E-state index in [1.54, 1.807) is 17.5 Å². The summed E-state index contributed by atoms with van der Waals surface area (Å²) in [6.45, 7) is 7.30. The number of nitrogens with zero attached hydrogens (tertiary/aromatic N) is 5. The minimum absolute atomic E-state index is 0.581. The van der Waals surface area contributed by atoms with Crippen molar-refractivity contribution < 1.29 is 0 Å². The molecule has 3 heterocycles. The minimum atomic E-state index is 0.581. The molecule has 0 bridgehead atoms. The van der Waals surface area contributed by atoms with Crippen LogP contribution in [-0.4, -0.2) is 46.0 Å². The lowest BCUT2D eigenvalue weighted by molar-refractivity contribution is 0.250. The monoisotopic (exact) mass is 442 g/mol. The van der Waals surface area contributed by atoms with E-state index in [1.807, 2.05) is 19.2 Å². The molecule has 1 saturated heterocycles. The molecule has 0 unspecified atom stereocenters. The molecule has 6 nitrogen and oxygen atoms in total. The van der Waals surface area contributed by atoms with Crippen molar-refractivity contribution in [2.75, 3.05) is 36.4 Å². The molecule has 1 fully saturated rings. The molecule has 2 aromatic heterocycles. The first-order chi connectivity index (χ1) is 15.7. The summed E-state index contributed by atoms with van der Waals surface area (Å²) in [7, 11) is 0. The highest BCUT2D eigenvalue weighted by atomic mass is 32.1. The predicted molar refractivity (Wildman–Crippen MR) is 132 cm³/mol. The van der Waals surface area contributed by atoms with Crippen LogP contribution in [0.4, 0.5) is 17.3 Å². The Morgan fingerprint density at radius 3 is 2.41 bits per heavy atom. The normalized spacial score (nSPS) is 14.5. The van der Waals surface area contributed by atoms with Crippen LogP contribution in [-0.2, 0) is 6.54 Å². The summed E-state index contributed by atoms with van der Waals surface area (Å²) in [4.78, 5) is 19.5. The number of nitrogens with one attached hydrogen (secondary N) is 1. The number of aromatic nitrogens is 3. The fraction of sp³-hybridized carbons (Fsp3) is 0.240. The van der Waals surface area contributed by atoms with Crippen LogP contribution < -0.4 is 10.2 Å². The molecule has 2 aromatic carbocycles. The smallest absolute Gasteiger partial charge is 0.227 e. The molecule has 1 N–H and O–H groups in total. The predicted octanol–water partition coefficient (Wildman–Crippen LogP) is 4.97. The van der Waals surface area contributed by atoms with Gasteiger partial charge in [0.15, 0.2) is 0 Å². The van der Waals surface area contributed by atoms with Gasteiger partial charge in [0.05, 0.1) is 0 Å². The molecule has 1 aliphatic rings. The molecule has 0 atom stereocenters. The lowest BCUT2D eigenvalue weighted by atomic mass is 10.2. The topological polar surface area (TPSA) is 57.2 Å². The van der Waals surface area contributed by atoms with Crippen molar-refractivity contribution in [3.8, 4) is 10.7 Å². The number of anilines is 3. The Labute approximate surface area is 192 Å². The Morgan fingerprint density at radius 1 is 0.906 bits per heavy atom. The first kappa shape index (κ1) is 20.6. The molecule has 32 heavy (non-hydrogen) atoms. The number of rotatable bonds is 6. The average Bonchev–Trinajstić information content (AvgIpc) is 3.27. The third-order valence-corrected chi connectivity index (χ3v) is 6.54. The highest BCUT2D eigenvalue weighted by Crippen LogP contribution is 2.25. The average molecular weight is 443 g/mol. The summed E-state index contributed by atoms with van der Waals surface area (Å²) < 4.78 is 0. The van der Waals surface area contributed by atoms with Crippen molar-refractivity contribution in [3.05, 3.63) is 83.5 Å². The summed E-state index contributed by atoms with van der Waals surface area (Å²) in [5.74, 6) is 0.581. The van der Waals surface area contributed by atoms with E-state index in [0.29, 0.717) is 5.95 Å². The van der Waals surface area contributed by atoms with Crippen molar-refractivity contribution in [3.63, 3.8) is 0 Å². The third kappa shape index (κ3) is 4.95. The maximum absolute atomic E-state index is 4.62. The van der Waals surface area contributed by atoms with Gasteiger partial charge in [-0.3, -0.25) is 4.90 Å². The lowest BCUT2D eigenvalue weighted by Crippen LogP contribution is -2.45. The highest BCUT2D eigenvalue weighted by Gasteiger charge is 2.17. The number of thiazole rings is 1. The molecule has 0 aliphatic carbocycles.